The lowest BCUT2D eigenvalue weighted by molar-refractivity contribution is 0.284. The number of methoxy groups -OCH3 is 1. The van der Waals surface area contributed by atoms with Gasteiger partial charge in [0.15, 0.2) is 0 Å². The molecule has 0 spiro atoms. The van der Waals surface area contributed by atoms with Gasteiger partial charge < -0.3 is 10.1 Å². The monoisotopic (exact) mass is 261 g/mol. The predicted molar refractivity (Wildman–Crippen MR) is 81.2 cm³/mol. The van der Waals surface area contributed by atoms with Crippen LogP contribution in [0.3, 0.4) is 0 Å². The van der Waals surface area contributed by atoms with Crippen molar-refractivity contribution in [3.05, 3.63) is 29.3 Å². The molecular formula is C17H27NO. The van der Waals surface area contributed by atoms with Crippen molar-refractivity contribution in [2.24, 2.45) is 0 Å². The van der Waals surface area contributed by atoms with E-state index in [1.165, 1.54) is 30.4 Å². The van der Waals surface area contributed by atoms with Crippen LogP contribution in [-0.4, -0.2) is 20.2 Å². The SMILES string of the molecule is CCC1(c2cc(C(C)C)ccc2OC)CCNCC1. The second-order valence-electron chi connectivity index (χ2n) is 6.00. The van der Waals surface area contributed by atoms with Gasteiger partial charge in [0.05, 0.1) is 7.11 Å². The molecule has 2 heteroatoms. The van der Waals surface area contributed by atoms with Crippen LogP contribution >= 0.6 is 0 Å². The van der Waals surface area contributed by atoms with E-state index in [0.29, 0.717) is 11.3 Å². The first kappa shape index (κ1) is 14.4. The molecule has 1 N–H and O–H groups in total. The zero-order valence-electron chi connectivity index (χ0n) is 12.8. The number of rotatable bonds is 4. The Balaban J connectivity index is 2.47. The van der Waals surface area contributed by atoms with Crippen molar-refractivity contribution in [2.75, 3.05) is 20.2 Å². The summed E-state index contributed by atoms with van der Waals surface area (Å²) in [6, 6.07) is 6.75. The molecule has 1 aliphatic rings. The van der Waals surface area contributed by atoms with Crippen LogP contribution in [0.15, 0.2) is 18.2 Å². The third kappa shape index (κ3) is 2.79. The van der Waals surface area contributed by atoms with Crippen LogP contribution < -0.4 is 10.1 Å². The van der Waals surface area contributed by atoms with Crippen molar-refractivity contribution >= 4 is 0 Å². The summed E-state index contributed by atoms with van der Waals surface area (Å²) in [4.78, 5) is 0. The molecule has 0 amide bonds. The lowest BCUT2D eigenvalue weighted by Gasteiger charge is -2.38. The molecule has 19 heavy (non-hydrogen) atoms. The fourth-order valence-corrected chi connectivity index (χ4v) is 3.22. The summed E-state index contributed by atoms with van der Waals surface area (Å²) in [5.41, 5.74) is 3.13. The Bertz CT molecular complexity index is 419. The Labute approximate surface area is 117 Å². The van der Waals surface area contributed by atoms with Crippen LogP contribution in [0.2, 0.25) is 0 Å². The maximum absolute atomic E-state index is 5.64. The Hall–Kier alpha value is -1.02. The highest BCUT2D eigenvalue weighted by molar-refractivity contribution is 5.44. The molecule has 2 nitrogen and oxygen atoms in total. The van der Waals surface area contributed by atoms with E-state index in [1.807, 2.05) is 0 Å². The van der Waals surface area contributed by atoms with Crippen LogP contribution in [-0.2, 0) is 5.41 Å². The van der Waals surface area contributed by atoms with Crippen LogP contribution in [0.5, 0.6) is 5.75 Å². The molecular weight excluding hydrogens is 234 g/mol. The number of hydrogen-bond acceptors (Lipinski definition) is 2. The number of nitrogens with one attached hydrogen (secondary N) is 1. The molecule has 0 bridgehead atoms. The van der Waals surface area contributed by atoms with E-state index in [0.717, 1.165) is 18.8 Å². The summed E-state index contributed by atoms with van der Waals surface area (Å²) in [5, 5.41) is 3.48. The maximum atomic E-state index is 5.64. The summed E-state index contributed by atoms with van der Waals surface area (Å²) < 4.78 is 5.64. The number of hydrogen-bond donors (Lipinski definition) is 1. The van der Waals surface area contributed by atoms with Crippen LogP contribution in [0.4, 0.5) is 0 Å². The standard InChI is InChI=1S/C17H27NO/c1-5-17(8-10-18-11-9-17)15-12-14(13(2)3)6-7-16(15)19-4/h6-7,12-13,18H,5,8-11H2,1-4H3. The largest absolute Gasteiger partial charge is 0.496 e. The van der Waals surface area contributed by atoms with E-state index >= 15 is 0 Å². The van der Waals surface area contributed by atoms with Gasteiger partial charge in [0.25, 0.3) is 0 Å². The van der Waals surface area contributed by atoms with E-state index in [4.69, 9.17) is 4.74 Å². The molecule has 1 aromatic rings. The Kier molecular flexibility index (Phi) is 4.51. The lowest BCUT2D eigenvalue weighted by Crippen LogP contribution is -2.39. The number of ether oxygens (including phenoxy) is 1. The first-order valence-electron chi connectivity index (χ1n) is 7.52. The van der Waals surface area contributed by atoms with Gasteiger partial charge in [-0.1, -0.05) is 32.9 Å². The summed E-state index contributed by atoms with van der Waals surface area (Å²) in [6.45, 7) is 9.05. The van der Waals surface area contributed by atoms with Gasteiger partial charge >= 0.3 is 0 Å². The molecule has 0 aromatic heterocycles. The maximum Gasteiger partial charge on any atom is 0.122 e. The topological polar surface area (TPSA) is 21.3 Å². The van der Waals surface area contributed by atoms with Gasteiger partial charge in [-0.25, -0.2) is 0 Å². The Morgan fingerprint density at radius 1 is 1.26 bits per heavy atom. The molecule has 1 fully saturated rings. The molecule has 2 rings (SSSR count). The molecule has 0 aliphatic carbocycles. The fraction of sp³-hybridized carbons (Fsp3) is 0.647. The molecule has 0 unspecified atom stereocenters. The molecule has 1 heterocycles. The summed E-state index contributed by atoms with van der Waals surface area (Å²) in [7, 11) is 1.79. The summed E-state index contributed by atoms with van der Waals surface area (Å²) >= 11 is 0. The summed E-state index contributed by atoms with van der Waals surface area (Å²) in [6.07, 6.45) is 3.61. The van der Waals surface area contributed by atoms with E-state index in [-0.39, 0.29) is 0 Å². The van der Waals surface area contributed by atoms with Crippen molar-refractivity contribution in [3.63, 3.8) is 0 Å². The minimum absolute atomic E-state index is 0.293. The second-order valence-corrected chi connectivity index (χ2v) is 6.00. The van der Waals surface area contributed by atoms with Crippen molar-refractivity contribution in [1.29, 1.82) is 0 Å². The molecule has 0 atom stereocenters. The number of piperidine rings is 1. The second kappa shape index (κ2) is 5.96. The van der Waals surface area contributed by atoms with Gasteiger partial charge in [-0.2, -0.15) is 0 Å². The minimum Gasteiger partial charge on any atom is -0.496 e. The smallest absolute Gasteiger partial charge is 0.122 e. The highest BCUT2D eigenvalue weighted by Crippen LogP contribution is 2.42. The predicted octanol–water partition coefficient (Wildman–Crippen LogP) is 3.85. The molecule has 1 saturated heterocycles. The van der Waals surface area contributed by atoms with Crippen LogP contribution in [0, 0.1) is 0 Å². The van der Waals surface area contributed by atoms with Crippen molar-refractivity contribution in [2.45, 2.75) is 51.4 Å². The number of benzene rings is 1. The van der Waals surface area contributed by atoms with E-state index in [9.17, 15) is 0 Å². The van der Waals surface area contributed by atoms with E-state index < -0.39 is 0 Å². The van der Waals surface area contributed by atoms with Gasteiger partial charge in [-0.3, -0.25) is 0 Å². The average molecular weight is 261 g/mol. The summed E-state index contributed by atoms with van der Waals surface area (Å²) in [5.74, 6) is 1.63. The molecule has 1 aliphatic heterocycles. The minimum atomic E-state index is 0.293. The molecule has 1 aromatic carbocycles. The molecule has 106 valence electrons. The molecule has 0 radical (unpaired) electrons. The van der Waals surface area contributed by atoms with E-state index in [1.54, 1.807) is 7.11 Å². The van der Waals surface area contributed by atoms with Gasteiger partial charge in [0.1, 0.15) is 5.75 Å². The van der Waals surface area contributed by atoms with Crippen molar-refractivity contribution in [3.8, 4) is 5.75 Å². The lowest BCUT2D eigenvalue weighted by atomic mass is 9.70. The van der Waals surface area contributed by atoms with Gasteiger partial charge in [0, 0.05) is 11.0 Å². The van der Waals surface area contributed by atoms with Crippen molar-refractivity contribution < 1.29 is 4.74 Å². The Morgan fingerprint density at radius 3 is 2.47 bits per heavy atom. The van der Waals surface area contributed by atoms with Crippen LogP contribution in [0.25, 0.3) is 0 Å². The zero-order valence-corrected chi connectivity index (χ0v) is 12.8. The Morgan fingerprint density at radius 2 is 1.95 bits per heavy atom. The molecule has 0 saturated carbocycles. The highest BCUT2D eigenvalue weighted by Gasteiger charge is 2.34. The fourth-order valence-electron chi connectivity index (χ4n) is 3.22. The third-order valence-electron chi connectivity index (χ3n) is 4.70. The van der Waals surface area contributed by atoms with Gasteiger partial charge in [0.2, 0.25) is 0 Å². The van der Waals surface area contributed by atoms with Gasteiger partial charge in [-0.15, -0.1) is 0 Å². The zero-order chi connectivity index (χ0) is 13.9. The first-order valence-corrected chi connectivity index (χ1v) is 7.52. The third-order valence-corrected chi connectivity index (χ3v) is 4.70. The van der Waals surface area contributed by atoms with Gasteiger partial charge in [-0.05, 0) is 49.9 Å². The highest BCUT2D eigenvalue weighted by atomic mass is 16.5. The first-order chi connectivity index (χ1) is 9.13. The van der Waals surface area contributed by atoms with Crippen molar-refractivity contribution in [1.82, 2.24) is 5.32 Å². The normalized spacial score (nSPS) is 18.6. The average Bonchev–Trinajstić information content (AvgIpc) is 2.47. The quantitative estimate of drug-likeness (QED) is 0.889. The van der Waals surface area contributed by atoms with Crippen LogP contribution in [0.1, 0.15) is 57.1 Å². The van der Waals surface area contributed by atoms with E-state index in [2.05, 4.69) is 44.3 Å².